The van der Waals surface area contributed by atoms with Gasteiger partial charge in [-0.1, -0.05) is 25.4 Å². The fraction of sp³-hybridized carbons (Fsp3) is 0.429. The Balaban J connectivity index is 0.000000247. The highest BCUT2D eigenvalue weighted by Crippen LogP contribution is 2.35. The number of hydrogen-bond acceptors (Lipinski definition) is 23. The number of piperazine rings is 2. The second kappa shape index (κ2) is 32.4. The molecule has 30 heteroatoms. The van der Waals surface area contributed by atoms with E-state index in [4.69, 9.17) is 45.8 Å². The third kappa shape index (κ3) is 20.1. The van der Waals surface area contributed by atoms with Crippen molar-refractivity contribution in [1.82, 2.24) is 29.7 Å². The number of carbonyl (C=O) groups is 4. The number of imide groups is 2. The van der Waals surface area contributed by atoms with Crippen LogP contribution in [0.1, 0.15) is 66.6 Å². The Bertz CT molecular complexity index is 3550. The Kier molecular flexibility index (Phi) is 25.2. The van der Waals surface area contributed by atoms with E-state index >= 15 is 0 Å². The van der Waals surface area contributed by atoms with E-state index in [9.17, 15) is 39.4 Å². The number of hydrogen-bond donors (Lipinski definition) is 1. The molecule has 6 aromatic rings. The predicted octanol–water partition coefficient (Wildman–Crippen LogP) is 10.6. The van der Waals surface area contributed by atoms with Gasteiger partial charge in [-0.05, 0) is 78.9 Å². The van der Waals surface area contributed by atoms with Crippen LogP contribution in [0.2, 0.25) is 5.15 Å². The smallest absolute Gasteiger partial charge is 0.423 e. The summed E-state index contributed by atoms with van der Waals surface area (Å²) in [6.45, 7) is 23.7. The third-order valence-corrected chi connectivity index (χ3v) is 14.7. The zero-order valence-electron chi connectivity index (χ0n) is 54.9. The van der Waals surface area contributed by atoms with Crippen LogP contribution in [0.3, 0.4) is 0 Å². The molecule has 4 heterocycles. The number of aromatic nitrogens is 4. The van der Waals surface area contributed by atoms with Crippen molar-refractivity contribution in [3.05, 3.63) is 134 Å². The molecule has 0 bridgehead atoms. The molecule has 0 atom stereocenters. The summed E-state index contributed by atoms with van der Waals surface area (Å²) >= 11 is 5.89. The number of carbonyl (C=O) groups excluding carboxylic acids is 4. The molecule has 29 nitrogen and oxygen atoms in total. The van der Waals surface area contributed by atoms with E-state index in [1.807, 2.05) is 12.1 Å². The quantitative estimate of drug-likeness (QED) is 0.0407. The van der Waals surface area contributed by atoms with Crippen LogP contribution in [-0.2, 0) is 15.9 Å². The number of urea groups is 2. The van der Waals surface area contributed by atoms with Crippen molar-refractivity contribution in [1.29, 1.82) is 0 Å². The molecule has 0 unspecified atom stereocenters. The van der Waals surface area contributed by atoms with E-state index in [0.29, 0.717) is 34.3 Å². The minimum atomic E-state index is -0.916. The van der Waals surface area contributed by atoms with E-state index in [1.165, 1.54) is 90.4 Å². The highest BCUT2D eigenvalue weighted by molar-refractivity contribution is 6.29. The molecular weight excluding hydrogens is 1230 g/mol. The fourth-order valence-corrected chi connectivity index (χ4v) is 9.65. The van der Waals surface area contributed by atoms with Crippen LogP contribution < -0.4 is 54.1 Å². The van der Waals surface area contributed by atoms with Gasteiger partial charge in [0.1, 0.15) is 69.3 Å². The minimum absolute atomic E-state index is 0.00887. The summed E-state index contributed by atoms with van der Waals surface area (Å²) in [5, 5.41) is 23.1. The van der Waals surface area contributed by atoms with Gasteiger partial charge in [0.2, 0.25) is 0 Å². The second-order valence-electron chi connectivity index (χ2n) is 23.1. The molecule has 500 valence electrons. The highest BCUT2D eigenvalue weighted by atomic mass is 35.5. The Morgan fingerprint density at radius 3 is 1.31 bits per heavy atom. The molecule has 4 aromatic carbocycles. The van der Waals surface area contributed by atoms with Gasteiger partial charge in [-0.2, -0.15) is 9.80 Å². The van der Waals surface area contributed by atoms with E-state index in [-0.39, 0.29) is 56.6 Å². The number of methoxy groups -OCH3 is 4. The van der Waals surface area contributed by atoms with Crippen LogP contribution >= 0.6 is 11.6 Å². The van der Waals surface area contributed by atoms with Crippen LogP contribution in [0.15, 0.2) is 97.6 Å². The average Bonchev–Trinajstić information content (AvgIpc) is 0.885. The van der Waals surface area contributed by atoms with Crippen molar-refractivity contribution in [3.8, 4) is 23.0 Å². The first-order valence-corrected chi connectivity index (χ1v) is 30.0. The average molecular weight is 1310 g/mol. The molecule has 2 aliphatic rings. The number of halogens is 1. The molecule has 2 fully saturated rings. The third-order valence-electron chi connectivity index (χ3n) is 14.5. The Morgan fingerprint density at radius 2 is 0.935 bits per heavy atom. The summed E-state index contributed by atoms with van der Waals surface area (Å²) in [5.74, 6) is 1.89. The van der Waals surface area contributed by atoms with Crippen molar-refractivity contribution in [2.45, 2.75) is 73.0 Å². The van der Waals surface area contributed by atoms with Gasteiger partial charge in [0.15, 0.2) is 0 Å². The number of anilines is 7. The molecule has 2 saturated heterocycles. The normalized spacial score (nSPS) is 13.4. The highest BCUT2D eigenvalue weighted by Gasteiger charge is 2.35. The summed E-state index contributed by atoms with van der Waals surface area (Å²) in [7, 11) is 8.76. The lowest BCUT2D eigenvalue weighted by Gasteiger charge is -2.35. The van der Waals surface area contributed by atoms with E-state index in [1.54, 1.807) is 84.0 Å². The number of nitrogens with two attached hydrogens (primary N) is 1. The Hall–Kier alpha value is -9.87. The summed E-state index contributed by atoms with van der Waals surface area (Å²) in [6.07, 6.45) is 0.827. The fourth-order valence-electron chi connectivity index (χ4n) is 9.51. The van der Waals surface area contributed by atoms with Crippen molar-refractivity contribution < 1.29 is 57.4 Å². The molecule has 0 saturated carbocycles. The number of likely N-dealkylation sites (N-methyl/N-ethyl adjacent to an activating group) is 2. The van der Waals surface area contributed by atoms with Crippen molar-refractivity contribution in [2.75, 3.05) is 143 Å². The lowest BCUT2D eigenvalue weighted by Crippen LogP contribution is -2.47. The lowest BCUT2D eigenvalue weighted by atomic mass is 10.1. The summed E-state index contributed by atoms with van der Waals surface area (Å²) in [5.41, 5.74) is 7.03. The lowest BCUT2D eigenvalue weighted by molar-refractivity contribution is -0.385. The zero-order chi connectivity index (χ0) is 68.5. The number of nitro groups is 2. The van der Waals surface area contributed by atoms with Gasteiger partial charge >= 0.3 is 24.2 Å². The number of ether oxygens (including phenoxy) is 6. The number of amides is 6. The standard InChI is InChI=1S/C32H41N7O7.C19H23ClN4O5.C12H18N4O2/c1-8-36-11-13-37(14-12-36)24-10-9-22(28(19-24)39(42)43)15-23-16-29(34-21-33-23)35(5)30(40)38(31(41)46-32(2,3)4)25-17-26(44-6)20-27(18-25)45-7;1-19(2,3)29-18(26)24(12-7-13(27-5)9-14(8-12)28-6)17(25)23(4)16-10-15(20)21-11-22-16;1-2-14-5-7-15(8-6-14)10-3-4-11(13)12(9-10)16(17)18/h9-10,16-21H,8,11-15H2,1-7H3;7-11H,1-6H3;3-4,9H,2,5-8,13H2,1H3. The Morgan fingerprint density at radius 1 is 0.548 bits per heavy atom. The first-order chi connectivity index (χ1) is 44.0. The maximum absolute atomic E-state index is 13.9. The van der Waals surface area contributed by atoms with Crippen molar-refractivity contribution in [3.63, 3.8) is 0 Å². The minimum Gasteiger partial charge on any atom is -0.497 e. The molecular formula is C63H82ClN15O14. The van der Waals surface area contributed by atoms with E-state index < -0.39 is 40.4 Å². The molecule has 2 aliphatic heterocycles. The van der Waals surface area contributed by atoms with Crippen LogP contribution in [0.25, 0.3) is 0 Å². The topological polar surface area (TPSA) is 313 Å². The number of nitrogens with zero attached hydrogens (tertiary/aromatic N) is 14. The van der Waals surface area contributed by atoms with Gasteiger partial charge in [0.25, 0.3) is 11.4 Å². The molecule has 93 heavy (non-hydrogen) atoms. The van der Waals surface area contributed by atoms with Gasteiger partial charge in [-0.15, -0.1) is 0 Å². The molecule has 8 rings (SSSR count). The van der Waals surface area contributed by atoms with Gasteiger partial charge in [0.05, 0.1) is 55.4 Å². The molecule has 2 aromatic heterocycles. The van der Waals surface area contributed by atoms with Crippen molar-refractivity contribution in [2.24, 2.45) is 0 Å². The Labute approximate surface area is 545 Å². The second-order valence-corrected chi connectivity index (χ2v) is 23.5. The number of nitrogen functional groups attached to an aromatic ring is 1. The van der Waals surface area contributed by atoms with E-state index in [2.05, 4.69) is 53.4 Å². The van der Waals surface area contributed by atoms with Crippen LogP contribution in [0.4, 0.5) is 70.6 Å². The van der Waals surface area contributed by atoms with Gasteiger partial charge in [0, 0.05) is 150 Å². The summed E-state index contributed by atoms with van der Waals surface area (Å²) in [6, 6.07) is 21.0. The molecule has 6 amide bonds. The van der Waals surface area contributed by atoms with Gasteiger partial charge in [-0.3, -0.25) is 30.0 Å². The number of benzene rings is 4. The summed E-state index contributed by atoms with van der Waals surface area (Å²) in [4.78, 5) is 105. The van der Waals surface area contributed by atoms with Crippen molar-refractivity contribution >= 4 is 87.3 Å². The van der Waals surface area contributed by atoms with Crippen LogP contribution in [0, 0.1) is 20.2 Å². The van der Waals surface area contributed by atoms with E-state index in [0.717, 1.165) is 91.5 Å². The maximum Gasteiger partial charge on any atom is 0.423 e. The first kappa shape index (κ1) is 72.2. The predicted molar refractivity (Wildman–Crippen MR) is 355 cm³/mol. The first-order valence-electron chi connectivity index (χ1n) is 29.6. The van der Waals surface area contributed by atoms with Crippen LogP contribution in [-0.4, -0.2) is 183 Å². The largest absolute Gasteiger partial charge is 0.497 e. The SMILES string of the molecule is CCN1CCN(c2ccc(Cc3cc(N(C)C(=O)N(C(=O)OC(C)(C)C)c4cc(OC)cc(OC)c4)ncn3)c([N+](=O)[O-])c2)CC1.CCN1CCN(c2ccc(N)c([N+](=O)[O-])c2)CC1.COc1cc(OC)cc(N(C(=O)OC(C)(C)C)C(=O)N(C)c2cc(Cl)ncn2)c1. The number of nitro benzene ring substituents is 2. The maximum atomic E-state index is 13.9. The van der Waals surface area contributed by atoms with Gasteiger partial charge in [-0.25, -0.2) is 39.1 Å². The van der Waals surface area contributed by atoms with Gasteiger partial charge < -0.3 is 53.8 Å². The van der Waals surface area contributed by atoms with Crippen LogP contribution in [0.5, 0.6) is 23.0 Å². The zero-order valence-corrected chi connectivity index (χ0v) is 55.7. The molecule has 0 radical (unpaired) electrons. The number of rotatable bonds is 16. The monoisotopic (exact) mass is 1310 g/mol. The summed E-state index contributed by atoms with van der Waals surface area (Å²) < 4.78 is 32.2. The molecule has 2 N–H and O–H groups in total. The molecule has 0 aliphatic carbocycles. The molecule has 0 spiro atoms.